The number of Topliss-reactive ketones (excluding diaryl/α,β-unsaturated/α-hetero) is 1. The van der Waals surface area contributed by atoms with Crippen LogP contribution in [0.25, 0.3) is 0 Å². The molecule has 80 valence electrons. The van der Waals surface area contributed by atoms with Crippen molar-refractivity contribution in [2.75, 3.05) is 0 Å². The molecule has 0 aliphatic rings. The third-order valence-electron chi connectivity index (χ3n) is 1.17. The molecule has 4 nitrogen and oxygen atoms in total. The molecule has 0 spiro atoms. The third-order valence-corrected chi connectivity index (χ3v) is 1.17. The van der Waals surface area contributed by atoms with E-state index in [1.54, 1.807) is 0 Å². The molecule has 0 aliphatic carbocycles. The van der Waals surface area contributed by atoms with Crippen LogP contribution in [0.5, 0.6) is 0 Å². The first kappa shape index (κ1) is 16.1. The molecule has 0 amide bonds. The Balaban J connectivity index is 0. The van der Waals surface area contributed by atoms with Crippen molar-refractivity contribution in [2.24, 2.45) is 5.41 Å². The normalized spacial score (nSPS) is 10.0. The Labute approximate surface area is 102 Å². The Morgan fingerprint density at radius 3 is 1.86 bits per heavy atom. The summed E-state index contributed by atoms with van der Waals surface area (Å²) in [6, 6.07) is 0. The molecule has 0 heterocycles. The van der Waals surface area contributed by atoms with Gasteiger partial charge in [-0.05, 0) is 5.41 Å². The van der Waals surface area contributed by atoms with Gasteiger partial charge in [0.2, 0.25) is 5.78 Å². The average molecular weight is 304 g/mol. The standard InChI is InChI=1S/C9H14O4.In.3H/c1-6(10)8(12)13-7(11)5-9(2,3)4;;;;/h5H2,1-4H3;;;;. The van der Waals surface area contributed by atoms with Crippen molar-refractivity contribution in [1.29, 1.82) is 0 Å². The third kappa shape index (κ3) is 8.29. The number of hydrogen-bond acceptors (Lipinski definition) is 4. The molecule has 0 atom stereocenters. The van der Waals surface area contributed by atoms with E-state index in [1.807, 2.05) is 20.8 Å². The average Bonchev–Trinajstić information content (AvgIpc) is 1.81. The summed E-state index contributed by atoms with van der Waals surface area (Å²) in [7, 11) is 0. The van der Waals surface area contributed by atoms with Crippen molar-refractivity contribution in [1.82, 2.24) is 0 Å². The maximum absolute atomic E-state index is 11.0. The van der Waals surface area contributed by atoms with E-state index in [0.717, 1.165) is 6.92 Å². The number of carbonyl (C=O) groups is 3. The molecule has 14 heavy (non-hydrogen) atoms. The van der Waals surface area contributed by atoms with Crippen LogP contribution in [-0.4, -0.2) is 43.6 Å². The molecule has 0 radical (unpaired) electrons. The number of ketones is 1. The number of carbonyl (C=O) groups excluding carboxylic acids is 3. The molecule has 0 aromatic heterocycles. The molecule has 0 unspecified atom stereocenters. The summed E-state index contributed by atoms with van der Waals surface area (Å²) in [5.41, 5.74) is -0.242. The maximum atomic E-state index is 11.0. The predicted octanol–water partition coefficient (Wildman–Crippen LogP) is -0.103. The first-order chi connectivity index (χ1) is 5.72. The van der Waals surface area contributed by atoms with Gasteiger partial charge in [0.05, 0.1) is 6.42 Å². The molecule has 0 N–H and O–H groups in total. The number of hydrogen-bond donors (Lipinski definition) is 0. The van der Waals surface area contributed by atoms with Crippen LogP contribution < -0.4 is 0 Å². The fourth-order valence-electron chi connectivity index (χ4n) is 0.644. The minimum atomic E-state index is -1.09. The van der Waals surface area contributed by atoms with Gasteiger partial charge < -0.3 is 4.74 Å². The zero-order valence-corrected chi connectivity index (χ0v) is 8.34. The first-order valence-electron chi connectivity index (χ1n) is 3.98. The Bertz CT molecular complexity index is 240. The van der Waals surface area contributed by atoms with E-state index in [9.17, 15) is 14.4 Å². The quantitative estimate of drug-likeness (QED) is 0.406. The molecule has 0 rings (SSSR count). The summed E-state index contributed by atoms with van der Waals surface area (Å²) < 4.78 is 4.26. The van der Waals surface area contributed by atoms with Gasteiger partial charge in [0.15, 0.2) is 0 Å². The zero-order chi connectivity index (χ0) is 10.6. The summed E-state index contributed by atoms with van der Waals surface area (Å²) in [6.45, 7) is 6.58. The molecule has 0 saturated heterocycles. The van der Waals surface area contributed by atoms with Crippen LogP contribution in [0.4, 0.5) is 0 Å². The van der Waals surface area contributed by atoms with E-state index in [4.69, 9.17) is 0 Å². The second-order valence-corrected chi connectivity index (χ2v) is 4.06. The summed E-state index contributed by atoms with van der Waals surface area (Å²) in [4.78, 5) is 32.0. The van der Waals surface area contributed by atoms with Gasteiger partial charge in [-0.3, -0.25) is 9.59 Å². The molecule has 0 aromatic rings. The molecular weight excluding hydrogens is 287 g/mol. The molecule has 0 fully saturated rings. The Morgan fingerprint density at radius 1 is 1.14 bits per heavy atom. The van der Waals surface area contributed by atoms with Crippen molar-refractivity contribution in [2.45, 2.75) is 34.1 Å². The first-order valence-corrected chi connectivity index (χ1v) is 3.98. The van der Waals surface area contributed by atoms with Gasteiger partial charge >= 0.3 is 37.8 Å². The molecule has 0 bridgehead atoms. The van der Waals surface area contributed by atoms with Crippen molar-refractivity contribution in [3.63, 3.8) is 0 Å². The Kier molecular flexibility index (Phi) is 7.16. The topological polar surface area (TPSA) is 60.4 Å². The second kappa shape index (κ2) is 6.22. The van der Waals surface area contributed by atoms with Crippen molar-refractivity contribution < 1.29 is 19.1 Å². The summed E-state index contributed by atoms with van der Waals surface area (Å²) in [5.74, 6) is -2.51. The van der Waals surface area contributed by atoms with Gasteiger partial charge in [-0.25, -0.2) is 4.79 Å². The molecular formula is C9H17InO4. The van der Waals surface area contributed by atoms with E-state index >= 15 is 0 Å². The molecule has 5 heteroatoms. The zero-order valence-electron chi connectivity index (χ0n) is 8.34. The van der Waals surface area contributed by atoms with E-state index < -0.39 is 17.7 Å². The summed E-state index contributed by atoms with van der Waals surface area (Å²) in [5, 5.41) is 0. The van der Waals surface area contributed by atoms with Gasteiger partial charge in [-0.2, -0.15) is 0 Å². The van der Waals surface area contributed by atoms with Gasteiger partial charge in [-0.15, -0.1) is 0 Å². The van der Waals surface area contributed by atoms with Crippen LogP contribution in [0.1, 0.15) is 34.1 Å². The van der Waals surface area contributed by atoms with Crippen LogP contribution in [0.2, 0.25) is 0 Å². The van der Waals surface area contributed by atoms with Crippen LogP contribution in [0.3, 0.4) is 0 Å². The Morgan fingerprint density at radius 2 is 1.57 bits per heavy atom. The monoisotopic (exact) mass is 304 g/mol. The SMILES string of the molecule is CC(=O)C(=O)OC(=O)CC(C)(C)C.[InH3]. The van der Waals surface area contributed by atoms with Gasteiger partial charge in [0.25, 0.3) is 0 Å². The number of esters is 2. The van der Waals surface area contributed by atoms with Crippen molar-refractivity contribution >= 4 is 43.6 Å². The van der Waals surface area contributed by atoms with Crippen LogP contribution >= 0.6 is 0 Å². The van der Waals surface area contributed by atoms with E-state index in [-0.39, 0.29) is 37.7 Å². The Hall–Kier alpha value is -0.320. The fraction of sp³-hybridized carbons (Fsp3) is 0.667. The van der Waals surface area contributed by atoms with Gasteiger partial charge in [0.1, 0.15) is 0 Å². The molecule has 0 aromatic carbocycles. The van der Waals surface area contributed by atoms with Crippen molar-refractivity contribution in [3.05, 3.63) is 0 Å². The van der Waals surface area contributed by atoms with Crippen LogP contribution in [0.15, 0.2) is 0 Å². The minimum absolute atomic E-state index is 0. The van der Waals surface area contributed by atoms with Gasteiger partial charge in [0, 0.05) is 6.92 Å². The van der Waals surface area contributed by atoms with E-state index in [0.29, 0.717) is 0 Å². The second-order valence-electron chi connectivity index (χ2n) is 4.06. The van der Waals surface area contributed by atoms with Crippen molar-refractivity contribution in [3.8, 4) is 0 Å². The molecule has 0 aliphatic heterocycles. The van der Waals surface area contributed by atoms with Crippen LogP contribution in [0, 0.1) is 5.41 Å². The van der Waals surface area contributed by atoms with Crippen LogP contribution in [-0.2, 0) is 19.1 Å². The van der Waals surface area contributed by atoms with E-state index in [2.05, 4.69) is 4.74 Å². The summed E-state index contributed by atoms with van der Waals surface area (Å²) >= 11 is 0. The number of rotatable bonds is 2. The summed E-state index contributed by atoms with van der Waals surface area (Å²) in [6.07, 6.45) is 0.117. The number of ether oxygens (including phenoxy) is 1. The predicted molar refractivity (Wildman–Crippen MR) is 55.8 cm³/mol. The molecule has 0 saturated carbocycles. The van der Waals surface area contributed by atoms with Gasteiger partial charge in [-0.1, -0.05) is 20.8 Å². The van der Waals surface area contributed by atoms with E-state index in [1.165, 1.54) is 0 Å². The fourth-order valence-corrected chi connectivity index (χ4v) is 0.644.